The van der Waals surface area contributed by atoms with E-state index in [1.165, 1.54) is 19.2 Å². The van der Waals surface area contributed by atoms with Crippen LogP contribution >= 0.6 is 0 Å². The van der Waals surface area contributed by atoms with Gasteiger partial charge < -0.3 is 24.8 Å². The van der Waals surface area contributed by atoms with E-state index in [9.17, 15) is 22.8 Å². The molecule has 1 aromatic heterocycles. The molecule has 1 heterocycles. The molecule has 0 saturated carbocycles. The number of hydrogen-bond acceptors (Lipinski definition) is 5. The van der Waals surface area contributed by atoms with Crippen LogP contribution in [0.4, 0.5) is 23.7 Å². The largest absolute Gasteiger partial charge is 0.573 e. The lowest BCUT2D eigenvalue weighted by Gasteiger charge is -2.22. The number of esters is 1. The molecule has 0 fully saturated rings. The molecule has 0 aliphatic heterocycles. The monoisotopic (exact) mass is 557 g/mol. The molecular formula is C29H30F3N3O5. The highest BCUT2D eigenvalue weighted by Crippen LogP contribution is 2.33. The number of anilines is 1. The molecule has 2 amide bonds. The van der Waals surface area contributed by atoms with Gasteiger partial charge in [0.25, 0.3) is 0 Å². The SMILES string of the molecule is CCc1c(C(=O)OC)cc(OC2=C(NC(=O)Nc3ccc(OC(F)(F)F)cc3)CC(C)C=C2)n1C1=CCCC=C1. The van der Waals surface area contributed by atoms with Gasteiger partial charge in [0.15, 0.2) is 0 Å². The molecule has 2 N–H and O–H groups in total. The van der Waals surface area contributed by atoms with Gasteiger partial charge in [0, 0.05) is 23.1 Å². The van der Waals surface area contributed by atoms with Crippen LogP contribution in [-0.4, -0.2) is 30.0 Å². The number of carbonyl (C=O) groups is 2. The molecule has 212 valence electrons. The number of nitrogens with one attached hydrogen (secondary N) is 2. The van der Waals surface area contributed by atoms with E-state index < -0.39 is 24.1 Å². The molecule has 0 spiro atoms. The molecule has 0 saturated heterocycles. The summed E-state index contributed by atoms with van der Waals surface area (Å²) in [4.78, 5) is 25.4. The second-order valence-electron chi connectivity index (χ2n) is 9.27. The van der Waals surface area contributed by atoms with Crippen molar-refractivity contribution in [1.82, 2.24) is 9.88 Å². The number of carbonyl (C=O) groups excluding carboxylic acids is 2. The minimum absolute atomic E-state index is 0.106. The second kappa shape index (κ2) is 12.2. The molecule has 40 heavy (non-hydrogen) atoms. The Morgan fingerprint density at radius 3 is 2.48 bits per heavy atom. The molecular weight excluding hydrogens is 527 g/mol. The number of urea groups is 1. The lowest BCUT2D eigenvalue weighted by Crippen LogP contribution is -2.31. The lowest BCUT2D eigenvalue weighted by molar-refractivity contribution is -0.274. The van der Waals surface area contributed by atoms with E-state index in [-0.39, 0.29) is 11.6 Å². The number of methoxy groups -OCH3 is 1. The van der Waals surface area contributed by atoms with Gasteiger partial charge in [-0.2, -0.15) is 0 Å². The van der Waals surface area contributed by atoms with Crippen molar-refractivity contribution in [1.29, 1.82) is 0 Å². The van der Waals surface area contributed by atoms with Gasteiger partial charge in [-0.3, -0.25) is 4.57 Å². The van der Waals surface area contributed by atoms with Gasteiger partial charge in [-0.05, 0) is 68.0 Å². The first-order valence-electron chi connectivity index (χ1n) is 12.8. The van der Waals surface area contributed by atoms with Crippen LogP contribution in [0.15, 0.2) is 72.2 Å². The first-order chi connectivity index (χ1) is 19.1. The molecule has 2 aliphatic rings. The predicted octanol–water partition coefficient (Wildman–Crippen LogP) is 6.93. The van der Waals surface area contributed by atoms with Gasteiger partial charge >= 0.3 is 18.4 Å². The summed E-state index contributed by atoms with van der Waals surface area (Å²) in [5.74, 6) is 0.0115. The number of ether oxygens (including phenoxy) is 3. The Bertz CT molecular complexity index is 1380. The Balaban J connectivity index is 1.60. The van der Waals surface area contributed by atoms with Crippen LogP contribution in [-0.2, 0) is 11.2 Å². The zero-order valence-electron chi connectivity index (χ0n) is 22.3. The highest BCUT2D eigenvalue weighted by molar-refractivity contribution is 5.92. The van der Waals surface area contributed by atoms with Crippen LogP contribution in [0.5, 0.6) is 11.6 Å². The standard InChI is InChI=1S/C29H30F3N3O5/c1-4-24-22(27(36)38-3)17-26(35(24)20-8-6-5-7-9-20)39-25-15-10-18(2)16-23(25)34-28(37)33-19-11-13-21(14-12-19)40-29(30,31)32/h6,8-15,17-18H,4-5,7,16H2,1-3H3,(H2,33,34,37). The maximum Gasteiger partial charge on any atom is 0.573 e. The predicted molar refractivity (Wildman–Crippen MR) is 144 cm³/mol. The Labute approximate surface area is 229 Å². The molecule has 1 atom stereocenters. The molecule has 11 heteroatoms. The van der Waals surface area contributed by atoms with E-state index >= 15 is 0 Å². The van der Waals surface area contributed by atoms with E-state index in [0.29, 0.717) is 35.7 Å². The fraction of sp³-hybridized carbons (Fsp3) is 0.310. The summed E-state index contributed by atoms with van der Waals surface area (Å²) in [5.41, 5.74) is 2.77. The summed E-state index contributed by atoms with van der Waals surface area (Å²) in [7, 11) is 1.32. The number of halogens is 3. The van der Waals surface area contributed by atoms with E-state index in [2.05, 4.69) is 27.5 Å². The number of hydrogen-bond donors (Lipinski definition) is 2. The Hall–Kier alpha value is -4.41. The number of allylic oxidation sites excluding steroid dienone is 7. The van der Waals surface area contributed by atoms with Crippen LogP contribution in [0.3, 0.4) is 0 Å². The van der Waals surface area contributed by atoms with E-state index in [1.54, 1.807) is 12.1 Å². The van der Waals surface area contributed by atoms with Crippen molar-refractivity contribution >= 4 is 23.4 Å². The number of amides is 2. The van der Waals surface area contributed by atoms with Gasteiger partial charge in [0.2, 0.25) is 5.88 Å². The Morgan fingerprint density at radius 1 is 1.10 bits per heavy atom. The summed E-state index contributed by atoms with van der Waals surface area (Å²) in [6, 6.07) is 5.85. The molecule has 0 bridgehead atoms. The summed E-state index contributed by atoms with van der Waals surface area (Å²) in [6.07, 6.45) is 7.77. The maximum atomic E-state index is 12.8. The lowest BCUT2D eigenvalue weighted by atomic mass is 9.99. The van der Waals surface area contributed by atoms with Crippen LogP contribution in [0, 0.1) is 5.92 Å². The number of benzene rings is 1. The van der Waals surface area contributed by atoms with Gasteiger partial charge in [0.1, 0.15) is 11.5 Å². The molecule has 1 unspecified atom stereocenters. The number of nitrogens with zero attached hydrogens (tertiary/aromatic N) is 1. The average molecular weight is 558 g/mol. The third-order valence-electron chi connectivity index (χ3n) is 6.27. The molecule has 8 nitrogen and oxygen atoms in total. The number of aromatic nitrogens is 1. The van der Waals surface area contributed by atoms with E-state index in [0.717, 1.165) is 36.4 Å². The Morgan fingerprint density at radius 2 is 1.85 bits per heavy atom. The van der Waals surface area contributed by atoms with Crippen molar-refractivity contribution in [3.63, 3.8) is 0 Å². The van der Waals surface area contributed by atoms with E-state index in [4.69, 9.17) is 9.47 Å². The normalized spacial score (nSPS) is 16.9. The first-order valence-corrected chi connectivity index (χ1v) is 12.8. The van der Waals surface area contributed by atoms with Crippen molar-refractivity contribution in [2.75, 3.05) is 12.4 Å². The first kappa shape index (κ1) is 28.6. The fourth-order valence-corrected chi connectivity index (χ4v) is 4.49. The number of alkyl halides is 3. The highest BCUT2D eigenvalue weighted by atomic mass is 19.4. The van der Waals surface area contributed by atoms with Crippen molar-refractivity contribution in [3.8, 4) is 11.6 Å². The summed E-state index contributed by atoms with van der Waals surface area (Å²) in [6.45, 7) is 3.92. The van der Waals surface area contributed by atoms with Crippen LogP contribution in [0.2, 0.25) is 0 Å². The second-order valence-corrected chi connectivity index (χ2v) is 9.27. The molecule has 2 aliphatic carbocycles. The third-order valence-corrected chi connectivity index (χ3v) is 6.27. The molecule has 2 aromatic rings. The quantitative estimate of drug-likeness (QED) is 0.344. The van der Waals surface area contributed by atoms with Gasteiger partial charge in [-0.15, -0.1) is 13.2 Å². The van der Waals surface area contributed by atoms with Crippen LogP contribution in [0.1, 0.15) is 49.2 Å². The summed E-state index contributed by atoms with van der Waals surface area (Å²) >= 11 is 0. The minimum atomic E-state index is -4.81. The number of rotatable bonds is 8. The summed E-state index contributed by atoms with van der Waals surface area (Å²) < 4.78 is 54.3. The molecule has 0 radical (unpaired) electrons. The van der Waals surface area contributed by atoms with Crippen LogP contribution < -0.4 is 20.1 Å². The zero-order chi connectivity index (χ0) is 28.9. The fourth-order valence-electron chi connectivity index (χ4n) is 4.49. The van der Waals surface area contributed by atoms with Crippen molar-refractivity contribution in [3.05, 3.63) is 83.4 Å². The molecule has 1 aromatic carbocycles. The molecule has 4 rings (SSSR count). The Kier molecular flexibility index (Phi) is 8.71. The smallest absolute Gasteiger partial charge is 0.465 e. The van der Waals surface area contributed by atoms with Gasteiger partial charge in [-0.1, -0.05) is 32.1 Å². The van der Waals surface area contributed by atoms with Crippen LogP contribution in [0.25, 0.3) is 5.70 Å². The average Bonchev–Trinajstić information content (AvgIpc) is 3.28. The highest BCUT2D eigenvalue weighted by Gasteiger charge is 2.31. The van der Waals surface area contributed by atoms with E-state index in [1.807, 2.05) is 30.6 Å². The van der Waals surface area contributed by atoms with Crippen molar-refractivity contribution in [2.24, 2.45) is 5.92 Å². The third kappa shape index (κ3) is 6.96. The minimum Gasteiger partial charge on any atom is -0.465 e. The van der Waals surface area contributed by atoms with Gasteiger partial charge in [-0.25, -0.2) is 9.59 Å². The van der Waals surface area contributed by atoms with Crippen molar-refractivity contribution in [2.45, 2.75) is 45.9 Å². The van der Waals surface area contributed by atoms with Gasteiger partial charge in [0.05, 0.1) is 18.4 Å². The zero-order valence-corrected chi connectivity index (χ0v) is 22.3. The topological polar surface area (TPSA) is 90.8 Å². The maximum absolute atomic E-state index is 12.8. The van der Waals surface area contributed by atoms with Crippen molar-refractivity contribution < 1.29 is 37.0 Å². The summed E-state index contributed by atoms with van der Waals surface area (Å²) in [5, 5.41) is 5.40.